The summed E-state index contributed by atoms with van der Waals surface area (Å²) >= 11 is 0. The quantitative estimate of drug-likeness (QED) is 0.611. The van der Waals surface area contributed by atoms with Crippen LogP contribution in [0.5, 0.6) is 0 Å². The smallest absolute Gasteiger partial charge is 0.236 e. The van der Waals surface area contributed by atoms with Crippen LogP contribution < -0.4 is 10.6 Å². The third-order valence-electron chi connectivity index (χ3n) is 3.55. The topological polar surface area (TPSA) is 53.6 Å². The van der Waals surface area contributed by atoms with Crippen molar-refractivity contribution in [3.8, 4) is 0 Å². The van der Waals surface area contributed by atoms with Gasteiger partial charge in [-0.05, 0) is 39.8 Å². The second-order valence-corrected chi connectivity index (χ2v) is 5.04. The average molecular weight is 257 g/mol. The molecular weight excluding hydrogens is 230 g/mol. The lowest BCUT2D eigenvalue weighted by Gasteiger charge is -2.22. The molecule has 0 aromatic heterocycles. The fraction of sp³-hybridized carbons (Fsp3) is 0.923. The summed E-state index contributed by atoms with van der Waals surface area (Å²) in [5.41, 5.74) is 0. The standard InChI is InChI=1S/C13H27N3O2/c1-11(13(17)14-7-5-9-18-3)15-10-12-6-4-8-16(12)2/h11-12,15H,4-10H2,1-3H3,(H,14,17). The maximum atomic E-state index is 11.8. The first-order valence-electron chi connectivity index (χ1n) is 6.85. The van der Waals surface area contributed by atoms with Crippen LogP contribution in [-0.2, 0) is 9.53 Å². The molecule has 0 saturated carbocycles. The van der Waals surface area contributed by atoms with Crippen molar-refractivity contribution in [2.24, 2.45) is 0 Å². The highest BCUT2D eigenvalue weighted by atomic mass is 16.5. The van der Waals surface area contributed by atoms with Gasteiger partial charge >= 0.3 is 0 Å². The molecular formula is C13H27N3O2. The molecule has 1 aliphatic heterocycles. The first kappa shape index (κ1) is 15.4. The Balaban J connectivity index is 2.11. The summed E-state index contributed by atoms with van der Waals surface area (Å²) in [6, 6.07) is 0.454. The van der Waals surface area contributed by atoms with Crippen molar-refractivity contribution in [2.45, 2.75) is 38.3 Å². The molecule has 1 heterocycles. The van der Waals surface area contributed by atoms with E-state index in [0.29, 0.717) is 19.2 Å². The number of rotatable bonds is 8. The Labute approximate surface area is 110 Å². The average Bonchev–Trinajstić information content (AvgIpc) is 2.77. The molecule has 1 rings (SSSR count). The van der Waals surface area contributed by atoms with Gasteiger partial charge in [0.05, 0.1) is 6.04 Å². The van der Waals surface area contributed by atoms with Gasteiger partial charge in [0.15, 0.2) is 0 Å². The van der Waals surface area contributed by atoms with Crippen LogP contribution in [0, 0.1) is 0 Å². The Morgan fingerprint density at radius 3 is 2.94 bits per heavy atom. The highest BCUT2D eigenvalue weighted by Gasteiger charge is 2.22. The third kappa shape index (κ3) is 5.33. The van der Waals surface area contributed by atoms with Crippen LogP contribution in [-0.4, -0.2) is 63.3 Å². The summed E-state index contributed by atoms with van der Waals surface area (Å²) in [5, 5.41) is 6.22. The molecule has 0 aromatic carbocycles. The number of ether oxygens (including phenoxy) is 1. The zero-order valence-corrected chi connectivity index (χ0v) is 11.9. The molecule has 1 amide bonds. The first-order valence-corrected chi connectivity index (χ1v) is 6.85. The van der Waals surface area contributed by atoms with Crippen molar-refractivity contribution in [1.29, 1.82) is 0 Å². The molecule has 2 atom stereocenters. The molecule has 0 bridgehead atoms. The van der Waals surface area contributed by atoms with Crippen molar-refractivity contribution in [1.82, 2.24) is 15.5 Å². The van der Waals surface area contributed by atoms with Gasteiger partial charge in [-0.25, -0.2) is 0 Å². The fourth-order valence-corrected chi connectivity index (χ4v) is 2.22. The van der Waals surface area contributed by atoms with Gasteiger partial charge in [-0.1, -0.05) is 0 Å². The Bertz CT molecular complexity index is 248. The van der Waals surface area contributed by atoms with E-state index < -0.39 is 0 Å². The second kappa shape index (κ2) is 8.45. The molecule has 5 nitrogen and oxygen atoms in total. The number of carbonyl (C=O) groups is 1. The van der Waals surface area contributed by atoms with Gasteiger partial charge in [0.2, 0.25) is 5.91 Å². The van der Waals surface area contributed by atoms with Gasteiger partial charge in [-0.3, -0.25) is 4.79 Å². The van der Waals surface area contributed by atoms with Crippen LogP contribution in [0.1, 0.15) is 26.2 Å². The van der Waals surface area contributed by atoms with Crippen molar-refractivity contribution >= 4 is 5.91 Å². The summed E-state index contributed by atoms with van der Waals surface area (Å²) in [4.78, 5) is 14.1. The van der Waals surface area contributed by atoms with Gasteiger partial charge in [0.25, 0.3) is 0 Å². The van der Waals surface area contributed by atoms with Gasteiger partial charge in [0.1, 0.15) is 0 Å². The summed E-state index contributed by atoms with van der Waals surface area (Å²) in [7, 11) is 3.82. The molecule has 106 valence electrons. The van der Waals surface area contributed by atoms with E-state index in [1.807, 2.05) is 6.92 Å². The summed E-state index contributed by atoms with van der Waals surface area (Å²) in [6.07, 6.45) is 3.35. The highest BCUT2D eigenvalue weighted by molar-refractivity contribution is 5.81. The molecule has 0 aliphatic carbocycles. The number of carbonyl (C=O) groups excluding carboxylic acids is 1. The number of nitrogens with zero attached hydrogens (tertiary/aromatic N) is 1. The monoisotopic (exact) mass is 257 g/mol. The minimum absolute atomic E-state index is 0.0757. The molecule has 2 N–H and O–H groups in total. The van der Waals surface area contributed by atoms with Crippen LogP contribution in [0.15, 0.2) is 0 Å². The fourth-order valence-electron chi connectivity index (χ4n) is 2.22. The molecule has 0 aromatic rings. The molecule has 5 heteroatoms. The minimum atomic E-state index is -0.124. The lowest BCUT2D eigenvalue weighted by molar-refractivity contribution is -0.122. The predicted molar refractivity (Wildman–Crippen MR) is 72.6 cm³/mol. The number of likely N-dealkylation sites (N-methyl/N-ethyl adjacent to an activating group) is 1. The van der Waals surface area contributed by atoms with E-state index in [2.05, 4.69) is 22.6 Å². The number of amides is 1. The highest BCUT2D eigenvalue weighted by Crippen LogP contribution is 2.13. The van der Waals surface area contributed by atoms with Crippen LogP contribution in [0.3, 0.4) is 0 Å². The normalized spacial score (nSPS) is 22.1. The Morgan fingerprint density at radius 1 is 1.56 bits per heavy atom. The zero-order valence-electron chi connectivity index (χ0n) is 11.9. The van der Waals surface area contributed by atoms with E-state index >= 15 is 0 Å². The van der Waals surface area contributed by atoms with Gasteiger partial charge in [0, 0.05) is 32.8 Å². The Kier molecular flexibility index (Phi) is 7.23. The molecule has 1 fully saturated rings. The van der Waals surface area contributed by atoms with E-state index in [9.17, 15) is 4.79 Å². The second-order valence-electron chi connectivity index (χ2n) is 5.04. The van der Waals surface area contributed by atoms with Crippen LogP contribution >= 0.6 is 0 Å². The summed E-state index contributed by atoms with van der Waals surface area (Å²) < 4.78 is 4.94. The van der Waals surface area contributed by atoms with E-state index in [1.54, 1.807) is 7.11 Å². The largest absolute Gasteiger partial charge is 0.385 e. The number of nitrogens with one attached hydrogen (secondary N) is 2. The van der Waals surface area contributed by atoms with E-state index in [4.69, 9.17) is 4.74 Å². The molecule has 0 spiro atoms. The zero-order chi connectivity index (χ0) is 13.4. The van der Waals surface area contributed by atoms with E-state index in [0.717, 1.165) is 13.0 Å². The molecule has 2 unspecified atom stereocenters. The molecule has 1 aliphatic rings. The number of methoxy groups -OCH3 is 1. The first-order chi connectivity index (χ1) is 8.65. The SMILES string of the molecule is COCCCNC(=O)C(C)NCC1CCCN1C. The van der Waals surface area contributed by atoms with Crippen LogP contribution in [0.25, 0.3) is 0 Å². The number of hydrogen-bond donors (Lipinski definition) is 2. The summed E-state index contributed by atoms with van der Waals surface area (Å²) in [5.74, 6) is 0.0757. The molecule has 0 radical (unpaired) electrons. The van der Waals surface area contributed by atoms with E-state index in [-0.39, 0.29) is 11.9 Å². The maximum Gasteiger partial charge on any atom is 0.236 e. The number of hydrogen-bond acceptors (Lipinski definition) is 4. The van der Waals surface area contributed by atoms with Crippen molar-refractivity contribution in [3.63, 3.8) is 0 Å². The number of likely N-dealkylation sites (tertiary alicyclic amines) is 1. The Hall–Kier alpha value is -0.650. The van der Waals surface area contributed by atoms with Gasteiger partial charge in [-0.15, -0.1) is 0 Å². The molecule has 1 saturated heterocycles. The lowest BCUT2D eigenvalue weighted by Crippen LogP contribution is -2.46. The summed E-state index contributed by atoms with van der Waals surface area (Å²) in [6.45, 7) is 5.35. The maximum absolute atomic E-state index is 11.8. The molecule has 18 heavy (non-hydrogen) atoms. The van der Waals surface area contributed by atoms with Crippen molar-refractivity contribution in [3.05, 3.63) is 0 Å². The predicted octanol–water partition coefficient (Wildman–Crippen LogP) is 0.211. The van der Waals surface area contributed by atoms with E-state index in [1.165, 1.54) is 19.4 Å². The Morgan fingerprint density at radius 2 is 2.33 bits per heavy atom. The van der Waals surface area contributed by atoms with Crippen LogP contribution in [0.4, 0.5) is 0 Å². The van der Waals surface area contributed by atoms with Gasteiger partial charge < -0.3 is 20.3 Å². The van der Waals surface area contributed by atoms with Crippen molar-refractivity contribution in [2.75, 3.05) is 40.4 Å². The van der Waals surface area contributed by atoms with Crippen LogP contribution in [0.2, 0.25) is 0 Å². The van der Waals surface area contributed by atoms with Gasteiger partial charge in [-0.2, -0.15) is 0 Å². The van der Waals surface area contributed by atoms with Crippen molar-refractivity contribution < 1.29 is 9.53 Å². The third-order valence-corrected chi connectivity index (χ3v) is 3.55. The minimum Gasteiger partial charge on any atom is -0.385 e. The lowest BCUT2D eigenvalue weighted by atomic mass is 10.2.